The van der Waals surface area contributed by atoms with Crippen LogP contribution in [0.15, 0.2) is 77.7 Å². The maximum Gasteiger partial charge on any atom is 0.266 e. The Morgan fingerprint density at radius 3 is 2.47 bits per heavy atom. The zero-order chi connectivity index (χ0) is 23.7. The van der Waals surface area contributed by atoms with Crippen molar-refractivity contribution in [1.82, 2.24) is 24.5 Å². The number of nitrogens with one attached hydrogen (secondary N) is 1. The van der Waals surface area contributed by atoms with Crippen molar-refractivity contribution in [3.8, 4) is 22.5 Å². The Morgan fingerprint density at radius 2 is 1.74 bits per heavy atom. The monoisotopic (exact) mass is 473 g/mol. The Kier molecular flexibility index (Phi) is 5.77. The molecule has 0 radical (unpaired) electrons. The first-order valence-corrected chi connectivity index (χ1v) is 11.5. The Labute approximate surface area is 198 Å². The highest BCUT2D eigenvalue weighted by Crippen LogP contribution is 2.27. The largest absolute Gasteiger partial charge is 0.349 e. The van der Waals surface area contributed by atoms with Crippen LogP contribution < -0.4 is 10.9 Å². The Bertz CT molecular complexity index is 1540. The second-order valence-electron chi connectivity index (χ2n) is 7.70. The van der Waals surface area contributed by atoms with Gasteiger partial charge < -0.3 is 5.32 Å². The van der Waals surface area contributed by atoms with E-state index in [4.69, 9.17) is 0 Å². The highest BCUT2D eigenvalue weighted by atomic mass is 32.1. The summed E-state index contributed by atoms with van der Waals surface area (Å²) in [6, 6.07) is 18.8. The van der Waals surface area contributed by atoms with Crippen LogP contribution in [0.3, 0.4) is 0 Å². The number of fused-ring (bicyclic) bond motifs is 1. The van der Waals surface area contributed by atoms with Crippen LogP contribution in [0.25, 0.3) is 27.5 Å². The fourth-order valence-corrected chi connectivity index (χ4v) is 4.67. The molecule has 0 atom stereocenters. The molecule has 0 aliphatic rings. The van der Waals surface area contributed by atoms with Crippen molar-refractivity contribution in [2.75, 3.05) is 6.54 Å². The minimum Gasteiger partial charge on any atom is -0.349 e. The van der Waals surface area contributed by atoms with Crippen LogP contribution in [0.4, 0.5) is 4.39 Å². The lowest BCUT2D eigenvalue weighted by molar-refractivity contribution is 0.0955. The first-order valence-electron chi connectivity index (χ1n) is 10.7. The molecular formula is C25H20FN5O2S. The molecule has 0 spiro atoms. The number of nitrogens with zero attached hydrogens (tertiary/aromatic N) is 4. The molecule has 9 heteroatoms. The summed E-state index contributed by atoms with van der Waals surface area (Å²) >= 11 is 1.32. The molecule has 0 bridgehead atoms. The molecule has 1 N–H and O–H groups in total. The molecule has 2 aromatic carbocycles. The second-order valence-corrected chi connectivity index (χ2v) is 8.68. The molecule has 5 aromatic rings. The van der Waals surface area contributed by atoms with Crippen LogP contribution in [-0.4, -0.2) is 31.6 Å². The van der Waals surface area contributed by atoms with Crippen LogP contribution in [0.5, 0.6) is 0 Å². The van der Waals surface area contributed by atoms with E-state index in [0.29, 0.717) is 16.1 Å². The number of thiazole rings is 1. The third kappa shape index (κ3) is 4.25. The van der Waals surface area contributed by atoms with E-state index >= 15 is 0 Å². The SMILES string of the molecule is Cc1c(C(=O)NCCn2nc(-c3ccc(F)cc3)ccc2=O)sc2nc(-c3ccccc3)cn12. The summed E-state index contributed by atoms with van der Waals surface area (Å²) in [6.07, 6.45) is 1.93. The number of hydrogen-bond donors (Lipinski definition) is 1. The molecular weight excluding hydrogens is 453 g/mol. The van der Waals surface area contributed by atoms with E-state index in [2.05, 4.69) is 15.4 Å². The molecule has 0 unspecified atom stereocenters. The summed E-state index contributed by atoms with van der Waals surface area (Å²) < 4.78 is 16.4. The first-order chi connectivity index (χ1) is 16.5. The molecule has 0 fully saturated rings. The summed E-state index contributed by atoms with van der Waals surface area (Å²) in [5.41, 5.74) is 3.65. The molecule has 3 aromatic heterocycles. The Morgan fingerprint density at radius 1 is 1.00 bits per heavy atom. The molecule has 0 aliphatic heterocycles. The van der Waals surface area contributed by atoms with Gasteiger partial charge in [0.05, 0.1) is 17.9 Å². The number of carbonyl (C=O) groups is 1. The molecule has 34 heavy (non-hydrogen) atoms. The number of aryl methyl sites for hydroxylation is 1. The van der Waals surface area contributed by atoms with Gasteiger partial charge in [-0.1, -0.05) is 41.7 Å². The van der Waals surface area contributed by atoms with Gasteiger partial charge in [0.15, 0.2) is 4.96 Å². The minimum atomic E-state index is -0.340. The quantitative estimate of drug-likeness (QED) is 0.402. The zero-order valence-corrected chi connectivity index (χ0v) is 19.1. The van der Waals surface area contributed by atoms with Gasteiger partial charge in [0.2, 0.25) is 0 Å². The Balaban J connectivity index is 1.28. The van der Waals surface area contributed by atoms with Crippen LogP contribution in [0, 0.1) is 12.7 Å². The number of carbonyl (C=O) groups excluding carboxylic acids is 1. The van der Waals surface area contributed by atoms with Gasteiger partial charge >= 0.3 is 0 Å². The maximum absolute atomic E-state index is 13.2. The normalized spacial score (nSPS) is 11.1. The lowest BCUT2D eigenvalue weighted by Crippen LogP contribution is -2.31. The molecule has 170 valence electrons. The standard InChI is InChI=1S/C25H20FN5O2S/c1-16-23(34-25-28-21(15-30(16)25)17-5-3-2-4-6-17)24(33)27-13-14-31-22(32)12-11-20(29-31)18-7-9-19(26)10-8-18/h2-12,15H,13-14H2,1H3,(H,27,33). The van der Waals surface area contributed by atoms with Crippen LogP contribution in [0.1, 0.15) is 15.4 Å². The predicted molar refractivity (Wildman–Crippen MR) is 129 cm³/mol. The molecule has 0 saturated heterocycles. The van der Waals surface area contributed by atoms with Crippen molar-refractivity contribution in [2.24, 2.45) is 0 Å². The van der Waals surface area contributed by atoms with Crippen molar-refractivity contribution >= 4 is 22.2 Å². The van der Waals surface area contributed by atoms with Gasteiger partial charge in [-0.15, -0.1) is 0 Å². The van der Waals surface area contributed by atoms with Gasteiger partial charge in [0.25, 0.3) is 11.5 Å². The van der Waals surface area contributed by atoms with Crippen molar-refractivity contribution < 1.29 is 9.18 Å². The summed E-state index contributed by atoms with van der Waals surface area (Å²) in [7, 11) is 0. The highest BCUT2D eigenvalue weighted by molar-refractivity contribution is 7.19. The average Bonchev–Trinajstić information content (AvgIpc) is 3.41. The van der Waals surface area contributed by atoms with Gasteiger partial charge in [-0.2, -0.15) is 5.10 Å². The van der Waals surface area contributed by atoms with E-state index in [1.807, 2.05) is 47.9 Å². The van der Waals surface area contributed by atoms with E-state index in [1.54, 1.807) is 18.2 Å². The number of hydrogen-bond acceptors (Lipinski definition) is 5. The fourth-order valence-electron chi connectivity index (χ4n) is 3.65. The van der Waals surface area contributed by atoms with Gasteiger partial charge in [-0.25, -0.2) is 14.1 Å². The van der Waals surface area contributed by atoms with Gasteiger partial charge in [-0.05, 0) is 37.3 Å². The molecule has 0 aliphatic carbocycles. The summed E-state index contributed by atoms with van der Waals surface area (Å²) in [5.74, 6) is -0.565. The highest BCUT2D eigenvalue weighted by Gasteiger charge is 2.18. The van der Waals surface area contributed by atoms with E-state index in [0.717, 1.165) is 21.9 Å². The van der Waals surface area contributed by atoms with E-state index in [-0.39, 0.29) is 30.4 Å². The molecule has 7 nitrogen and oxygen atoms in total. The minimum absolute atomic E-state index is 0.208. The van der Waals surface area contributed by atoms with Crippen molar-refractivity contribution in [3.63, 3.8) is 0 Å². The smallest absolute Gasteiger partial charge is 0.266 e. The molecule has 1 amide bonds. The van der Waals surface area contributed by atoms with Crippen molar-refractivity contribution in [3.05, 3.63) is 99.7 Å². The zero-order valence-electron chi connectivity index (χ0n) is 18.2. The number of amides is 1. The number of aromatic nitrogens is 4. The number of imidazole rings is 1. The predicted octanol–water partition coefficient (Wildman–Crippen LogP) is 4.16. The lowest BCUT2D eigenvalue weighted by Gasteiger charge is -2.08. The molecule has 0 saturated carbocycles. The maximum atomic E-state index is 13.2. The van der Waals surface area contributed by atoms with Crippen LogP contribution in [0.2, 0.25) is 0 Å². The number of benzene rings is 2. The summed E-state index contributed by atoms with van der Waals surface area (Å²) in [4.78, 5) is 31.0. The molecule has 5 rings (SSSR count). The van der Waals surface area contributed by atoms with Gasteiger partial charge in [0, 0.05) is 35.6 Å². The topological polar surface area (TPSA) is 81.3 Å². The van der Waals surface area contributed by atoms with Crippen LogP contribution >= 0.6 is 11.3 Å². The Hall–Kier alpha value is -4.11. The lowest BCUT2D eigenvalue weighted by atomic mass is 10.1. The number of rotatable bonds is 6. The van der Waals surface area contributed by atoms with Gasteiger partial charge in [-0.3, -0.25) is 14.0 Å². The van der Waals surface area contributed by atoms with Gasteiger partial charge in [0.1, 0.15) is 10.7 Å². The van der Waals surface area contributed by atoms with Crippen molar-refractivity contribution in [2.45, 2.75) is 13.5 Å². The summed E-state index contributed by atoms with van der Waals surface area (Å²) in [5, 5.41) is 7.20. The first kappa shape index (κ1) is 21.7. The van der Waals surface area contributed by atoms with Crippen LogP contribution in [-0.2, 0) is 6.54 Å². The number of halogens is 1. The third-order valence-corrected chi connectivity index (χ3v) is 6.60. The third-order valence-electron chi connectivity index (χ3n) is 5.45. The van der Waals surface area contributed by atoms with Crippen molar-refractivity contribution in [1.29, 1.82) is 0 Å². The fraction of sp³-hybridized carbons (Fsp3) is 0.120. The van der Waals surface area contributed by atoms with E-state index < -0.39 is 0 Å². The average molecular weight is 474 g/mol. The second kappa shape index (κ2) is 9.03. The molecule has 3 heterocycles. The summed E-state index contributed by atoms with van der Waals surface area (Å²) in [6.45, 7) is 2.32. The van der Waals surface area contributed by atoms with E-state index in [9.17, 15) is 14.0 Å². The van der Waals surface area contributed by atoms with E-state index in [1.165, 1.54) is 34.2 Å².